The van der Waals surface area contributed by atoms with Gasteiger partial charge in [-0.1, -0.05) is 53.2 Å². The first-order valence-electron chi connectivity index (χ1n) is 13.7. The predicted molar refractivity (Wildman–Crippen MR) is 131 cm³/mol. The van der Waals surface area contributed by atoms with Crippen molar-refractivity contribution in [3.05, 3.63) is 12.2 Å². The second kappa shape index (κ2) is 6.88. The Morgan fingerprint density at radius 1 is 0.812 bits per heavy atom. The molecule has 32 heavy (non-hydrogen) atoms. The van der Waals surface area contributed by atoms with Crippen molar-refractivity contribution in [2.75, 3.05) is 0 Å². The number of carboxylic acid groups (broad SMARTS) is 1. The quantitative estimate of drug-likeness (QED) is 0.440. The van der Waals surface area contributed by atoms with Crippen molar-refractivity contribution >= 4 is 5.97 Å². The van der Waals surface area contributed by atoms with Crippen molar-refractivity contribution in [1.29, 1.82) is 0 Å². The van der Waals surface area contributed by atoms with Gasteiger partial charge in [-0.2, -0.15) is 0 Å². The van der Waals surface area contributed by atoms with E-state index < -0.39 is 11.4 Å². The highest BCUT2D eigenvalue weighted by Gasteiger charge is 2.71. The number of rotatable bonds is 2. The highest BCUT2D eigenvalue weighted by atomic mass is 16.4. The topological polar surface area (TPSA) is 37.3 Å². The summed E-state index contributed by atoms with van der Waals surface area (Å²) >= 11 is 0. The zero-order valence-corrected chi connectivity index (χ0v) is 21.7. The maximum Gasteiger partial charge on any atom is 0.309 e. The van der Waals surface area contributed by atoms with E-state index in [1.807, 2.05) is 0 Å². The summed E-state index contributed by atoms with van der Waals surface area (Å²) in [6.07, 6.45) is 13.3. The van der Waals surface area contributed by atoms with Gasteiger partial charge >= 0.3 is 5.97 Å². The minimum Gasteiger partial charge on any atom is -0.481 e. The fourth-order valence-corrected chi connectivity index (χ4v) is 11.6. The highest BCUT2D eigenvalue weighted by Crippen LogP contribution is 2.77. The van der Waals surface area contributed by atoms with Crippen LogP contribution in [0.1, 0.15) is 112 Å². The third-order valence-corrected chi connectivity index (χ3v) is 13.2. The second-order valence-electron chi connectivity index (χ2n) is 14.5. The number of allylic oxidation sites excluding steroid dienone is 1. The van der Waals surface area contributed by atoms with Gasteiger partial charge in [-0.25, -0.2) is 0 Å². The van der Waals surface area contributed by atoms with E-state index in [1.165, 1.54) is 50.5 Å². The van der Waals surface area contributed by atoms with Crippen molar-refractivity contribution in [2.24, 2.45) is 56.7 Å². The molecule has 0 bridgehead atoms. The van der Waals surface area contributed by atoms with E-state index in [1.54, 1.807) is 0 Å². The van der Waals surface area contributed by atoms with E-state index in [0.29, 0.717) is 34.0 Å². The highest BCUT2D eigenvalue weighted by molar-refractivity contribution is 5.76. The lowest BCUT2D eigenvalue weighted by molar-refractivity contribution is -0.237. The number of hydrogen-bond donors (Lipinski definition) is 1. The van der Waals surface area contributed by atoms with Gasteiger partial charge in [0.15, 0.2) is 0 Å². The van der Waals surface area contributed by atoms with E-state index >= 15 is 0 Å². The summed E-state index contributed by atoms with van der Waals surface area (Å²) in [6, 6.07) is 0. The lowest BCUT2D eigenvalue weighted by Crippen LogP contribution is -2.66. The third-order valence-electron chi connectivity index (χ3n) is 13.2. The number of carbonyl (C=O) groups is 1. The molecule has 0 heterocycles. The molecule has 2 nitrogen and oxygen atoms in total. The minimum absolute atomic E-state index is 0.257. The van der Waals surface area contributed by atoms with Crippen LogP contribution in [0.4, 0.5) is 0 Å². The molecule has 5 rings (SSSR count). The Kier molecular flexibility index (Phi) is 4.94. The second-order valence-corrected chi connectivity index (χ2v) is 14.5. The van der Waals surface area contributed by atoms with Crippen LogP contribution < -0.4 is 0 Å². The van der Waals surface area contributed by atoms with Gasteiger partial charge < -0.3 is 5.11 Å². The molecule has 1 N–H and O–H groups in total. The number of carboxylic acids is 1. The van der Waals surface area contributed by atoms with E-state index in [0.717, 1.165) is 37.5 Å². The maximum absolute atomic E-state index is 12.7. The molecule has 0 radical (unpaired) electrons. The summed E-state index contributed by atoms with van der Waals surface area (Å²) in [7, 11) is 0. The fourth-order valence-electron chi connectivity index (χ4n) is 11.6. The molecule has 5 aliphatic rings. The number of aliphatic carboxylic acids is 1. The van der Waals surface area contributed by atoms with E-state index in [2.05, 4.69) is 48.1 Å². The predicted octanol–water partition coefficient (Wildman–Crippen LogP) is 8.12. The van der Waals surface area contributed by atoms with Crippen molar-refractivity contribution in [3.63, 3.8) is 0 Å². The molecule has 0 spiro atoms. The fraction of sp³-hybridized carbons (Fsp3) is 0.900. The standard InChI is InChI=1S/C30H48O2/c1-19(2)20-11-16-30(25(31)32)18-17-28(6)21(24(20)30)9-10-23-27(5)14-8-13-26(3,4)22(27)12-15-29(23,28)7/h20-24H,1,8-18H2,2-7H3,(H,31,32)/t20?,21?,22?,23?,24?,27-,28+,29+,30-/m0/s1. The zero-order valence-electron chi connectivity index (χ0n) is 21.7. The summed E-state index contributed by atoms with van der Waals surface area (Å²) in [5, 5.41) is 10.5. The molecule has 9 atom stereocenters. The third kappa shape index (κ3) is 2.62. The van der Waals surface area contributed by atoms with Crippen molar-refractivity contribution < 1.29 is 9.90 Å². The molecule has 5 unspecified atom stereocenters. The van der Waals surface area contributed by atoms with Crippen LogP contribution in [-0.4, -0.2) is 11.1 Å². The first-order valence-corrected chi connectivity index (χ1v) is 13.7. The van der Waals surface area contributed by atoms with Crippen LogP contribution in [0.2, 0.25) is 0 Å². The molecule has 5 aliphatic carbocycles. The van der Waals surface area contributed by atoms with Gasteiger partial charge in [-0.15, -0.1) is 0 Å². The SMILES string of the molecule is C=C(C)C1CC[C@]2(C(=O)O)CC[C@]3(C)C(CCC4[C@@]5(C)CCCC(C)(C)C5CC[C@]43C)C12. The molecule has 180 valence electrons. The van der Waals surface area contributed by atoms with Gasteiger partial charge in [0.2, 0.25) is 0 Å². The normalized spacial score (nSPS) is 54.0. The Morgan fingerprint density at radius 2 is 1.53 bits per heavy atom. The van der Waals surface area contributed by atoms with E-state index in [9.17, 15) is 9.90 Å². The van der Waals surface area contributed by atoms with Crippen molar-refractivity contribution in [3.8, 4) is 0 Å². The first-order chi connectivity index (χ1) is 14.8. The molecule has 5 fully saturated rings. The minimum atomic E-state index is -0.509. The van der Waals surface area contributed by atoms with Gasteiger partial charge in [0.25, 0.3) is 0 Å². The van der Waals surface area contributed by atoms with Crippen LogP contribution in [-0.2, 0) is 4.79 Å². The van der Waals surface area contributed by atoms with Gasteiger partial charge in [0, 0.05) is 0 Å². The van der Waals surface area contributed by atoms with Crippen molar-refractivity contribution in [1.82, 2.24) is 0 Å². The Morgan fingerprint density at radius 3 is 2.19 bits per heavy atom. The summed E-state index contributed by atoms with van der Waals surface area (Å²) < 4.78 is 0. The molecule has 5 saturated carbocycles. The van der Waals surface area contributed by atoms with Crippen LogP contribution in [0, 0.1) is 56.7 Å². The Balaban J connectivity index is 1.57. The van der Waals surface area contributed by atoms with Gasteiger partial charge in [0.05, 0.1) is 5.41 Å². The Labute approximate surface area is 197 Å². The molecule has 0 saturated heterocycles. The smallest absolute Gasteiger partial charge is 0.309 e. The van der Waals surface area contributed by atoms with Crippen LogP contribution in [0.5, 0.6) is 0 Å². The number of fused-ring (bicyclic) bond motifs is 7. The van der Waals surface area contributed by atoms with Gasteiger partial charge in [0.1, 0.15) is 0 Å². The molecule has 0 aliphatic heterocycles. The molecular weight excluding hydrogens is 392 g/mol. The van der Waals surface area contributed by atoms with Gasteiger partial charge in [-0.3, -0.25) is 4.79 Å². The van der Waals surface area contributed by atoms with Gasteiger partial charge in [-0.05, 0) is 122 Å². The lowest BCUT2D eigenvalue weighted by Gasteiger charge is -2.72. The molecule has 0 aromatic heterocycles. The van der Waals surface area contributed by atoms with Crippen LogP contribution in [0.15, 0.2) is 12.2 Å². The maximum atomic E-state index is 12.7. The summed E-state index contributed by atoms with van der Waals surface area (Å²) in [5.41, 5.74) is 2.25. The average molecular weight is 441 g/mol. The van der Waals surface area contributed by atoms with E-state index in [-0.39, 0.29) is 5.41 Å². The monoisotopic (exact) mass is 440 g/mol. The molecule has 0 aromatic carbocycles. The Bertz CT molecular complexity index is 827. The largest absolute Gasteiger partial charge is 0.481 e. The summed E-state index contributed by atoms with van der Waals surface area (Å²) in [4.78, 5) is 12.7. The first kappa shape index (κ1) is 23.0. The molecule has 0 aromatic rings. The summed E-state index contributed by atoms with van der Waals surface area (Å²) in [6.45, 7) is 19.6. The van der Waals surface area contributed by atoms with Crippen LogP contribution in [0.25, 0.3) is 0 Å². The van der Waals surface area contributed by atoms with Crippen molar-refractivity contribution in [2.45, 2.75) is 112 Å². The zero-order chi connectivity index (χ0) is 23.3. The molecule has 2 heteroatoms. The molecular formula is C30H48O2. The molecule has 0 amide bonds. The number of hydrogen-bond acceptors (Lipinski definition) is 1. The van der Waals surface area contributed by atoms with Crippen LogP contribution >= 0.6 is 0 Å². The average Bonchev–Trinajstić information content (AvgIpc) is 3.09. The van der Waals surface area contributed by atoms with Crippen LogP contribution in [0.3, 0.4) is 0 Å². The lowest BCUT2D eigenvalue weighted by atomic mass is 9.32. The van der Waals surface area contributed by atoms with E-state index in [4.69, 9.17) is 0 Å². The Hall–Kier alpha value is -0.790. The summed E-state index contributed by atoms with van der Waals surface area (Å²) in [5.74, 6) is 2.36.